The maximum Gasteiger partial charge on any atom is 0.0685 e. The van der Waals surface area contributed by atoms with Crippen molar-refractivity contribution in [3.05, 3.63) is 0 Å². The normalized spacial score (nSPS) is 13.7. The zero-order valence-corrected chi connectivity index (χ0v) is 6.18. The zero-order chi connectivity index (χ0) is 7.11. The fraction of sp³-hybridized carbons (Fsp3) is 1.00. The molecule has 0 saturated heterocycles. The van der Waals surface area contributed by atoms with Crippen LogP contribution in [0.15, 0.2) is 0 Å². The smallest absolute Gasteiger partial charge is 0.0685 e. The Morgan fingerprint density at radius 3 is 2.78 bits per heavy atom. The summed E-state index contributed by atoms with van der Waals surface area (Å²) in [5, 5.41) is 0. The first-order valence-corrected chi connectivity index (χ1v) is 3.36. The van der Waals surface area contributed by atoms with Gasteiger partial charge in [-0.1, -0.05) is 6.92 Å². The molecule has 56 valence electrons. The number of hydrogen-bond acceptors (Lipinski definition) is 3. The van der Waals surface area contributed by atoms with E-state index in [-0.39, 0.29) is 6.10 Å². The highest BCUT2D eigenvalue weighted by Crippen LogP contribution is 1.88. The third-order valence-corrected chi connectivity index (χ3v) is 1.01. The minimum absolute atomic E-state index is 0.231. The lowest BCUT2D eigenvalue weighted by atomic mass is 10.4. The van der Waals surface area contributed by atoms with E-state index in [2.05, 4.69) is 12.3 Å². The van der Waals surface area contributed by atoms with Crippen molar-refractivity contribution in [2.24, 2.45) is 5.84 Å². The summed E-state index contributed by atoms with van der Waals surface area (Å²) in [5.41, 5.74) is 2.55. The molecule has 9 heavy (non-hydrogen) atoms. The molecule has 0 aliphatic heterocycles. The van der Waals surface area contributed by atoms with E-state index in [0.29, 0.717) is 0 Å². The first-order valence-electron chi connectivity index (χ1n) is 3.36. The predicted octanol–water partition coefficient (Wildman–Crippen LogP) is 0.265. The van der Waals surface area contributed by atoms with Crippen LogP contribution in [0.25, 0.3) is 0 Å². The van der Waals surface area contributed by atoms with Gasteiger partial charge in [0.25, 0.3) is 0 Å². The lowest BCUT2D eigenvalue weighted by Crippen LogP contribution is -2.32. The molecular weight excluding hydrogens is 116 g/mol. The first kappa shape index (κ1) is 8.88. The van der Waals surface area contributed by atoms with E-state index >= 15 is 0 Å². The van der Waals surface area contributed by atoms with Gasteiger partial charge >= 0.3 is 0 Å². The van der Waals surface area contributed by atoms with Crippen LogP contribution in [-0.4, -0.2) is 19.3 Å². The first-order chi connectivity index (χ1) is 4.31. The van der Waals surface area contributed by atoms with Crippen LogP contribution in [-0.2, 0) is 4.74 Å². The van der Waals surface area contributed by atoms with E-state index in [0.717, 1.165) is 19.6 Å². The molecule has 0 aromatic carbocycles. The van der Waals surface area contributed by atoms with Gasteiger partial charge in [-0.15, -0.1) is 0 Å². The second kappa shape index (κ2) is 6.01. The summed E-state index contributed by atoms with van der Waals surface area (Å²) in [6.45, 7) is 5.63. The highest BCUT2D eigenvalue weighted by molar-refractivity contribution is 4.49. The molecule has 0 rings (SSSR count). The van der Waals surface area contributed by atoms with Crippen molar-refractivity contribution >= 4 is 0 Å². The van der Waals surface area contributed by atoms with E-state index in [4.69, 9.17) is 10.6 Å². The quantitative estimate of drug-likeness (QED) is 0.417. The summed E-state index contributed by atoms with van der Waals surface area (Å²) in [5.74, 6) is 5.07. The predicted molar refractivity (Wildman–Crippen MR) is 37.9 cm³/mol. The van der Waals surface area contributed by atoms with Crippen molar-refractivity contribution in [3.8, 4) is 0 Å². The van der Waals surface area contributed by atoms with Crippen LogP contribution in [0.3, 0.4) is 0 Å². The largest absolute Gasteiger partial charge is 0.377 e. The SMILES string of the molecule is CCCOC(C)CNN. The fourth-order valence-electron chi connectivity index (χ4n) is 0.544. The minimum atomic E-state index is 0.231. The van der Waals surface area contributed by atoms with Crippen LogP contribution in [0, 0.1) is 0 Å². The summed E-state index contributed by atoms with van der Waals surface area (Å²) < 4.78 is 5.29. The molecule has 0 radical (unpaired) electrons. The molecule has 0 amide bonds. The van der Waals surface area contributed by atoms with Crippen molar-refractivity contribution in [3.63, 3.8) is 0 Å². The lowest BCUT2D eigenvalue weighted by Gasteiger charge is -2.10. The summed E-state index contributed by atoms with van der Waals surface area (Å²) in [4.78, 5) is 0. The number of hydrazine groups is 1. The van der Waals surface area contributed by atoms with Gasteiger partial charge in [-0.3, -0.25) is 11.3 Å². The standard InChI is InChI=1S/C6H16N2O/c1-3-4-9-6(2)5-8-7/h6,8H,3-5,7H2,1-2H3. The number of hydrogen-bond donors (Lipinski definition) is 2. The summed E-state index contributed by atoms with van der Waals surface area (Å²) >= 11 is 0. The zero-order valence-electron chi connectivity index (χ0n) is 6.18. The summed E-state index contributed by atoms with van der Waals surface area (Å²) in [6, 6.07) is 0. The number of ether oxygens (including phenoxy) is 1. The van der Waals surface area contributed by atoms with E-state index in [1.54, 1.807) is 0 Å². The molecule has 3 N–H and O–H groups in total. The van der Waals surface area contributed by atoms with Gasteiger partial charge in [0.05, 0.1) is 6.10 Å². The molecule has 0 aliphatic rings. The Morgan fingerprint density at radius 2 is 2.33 bits per heavy atom. The Kier molecular flexibility index (Phi) is 5.93. The molecule has 0 fully saturated rings. The van der Waals surface area contributed by atoms with Gasteiger partial charge in [-0.2, -0.15) is 0 Å². The Morgan fingerprint density at radius 1 is 1.67 bits per heavy atom. The van der Waals surface area contributed by atoms with Crippen LogP contribution in [0.5, 0.6) is 0 Å². The molecule has 0 spiro atoms. The fourth-order valence-corrected chi connectivity index (χ4v) is 0.544. The monoisotopic (exact) mass is 132 g/mol. The van der Waals surface area contributed by atoms with Gasteiger partial charge in [0.2, 0.25) is 0 Å². The molecule has 0 heterocycles. The molecule has 3 heteroatoms. The van der Waals surface area contributed by atoms with Crippen molar-refractivity contribution < 1.29 is 4.74 Å². The topological polar surface area (TPSA) is 47.3 Å². The Hall–Kier alpha value is -0.120. The van der Waals surface area contributed by atoms with Crippen molar-refractivity contribution in [1.82, 2.24) is 5.43 Å². The Labute approximate surface area is 56.5 Å². The second-order valence-corrected chi connectivity index (χ2v) is 2.09. The number of nitrogens with one attached hydrogen (secondary N) is 1. The van der Waals surface area contributed by atoms with Gasteiger partial charge in [0, 0.05) is 13.2 Å². The van der Waals surface area contributed by atoms with Gasteiger partial charge in [-0.25, -0.2) is 0 Å². The molecule has 3 nitrogen and oxygen atoms in total. The van der Waals surface area contributed by atoms with Crippen LogP contribution in [0.1, 0.15) is 20.3 Å². The minimum Gasteiger partial charge on any atom is -0.377 e. The summed E-state index contributed by atoms with van der Waals surface area (Å²) in [7, 11) is 0. The van der Waals surface area contributed by atoms with Crippen LogP contribution in [0.2, 0.25) is 0 Å². The molecule has 0 saturated carbocycles. The molecule has 1 unspecified atom stereocenters. The van der Waals surface area contributed by atoms with E-state index < -0.39 is 0 Å². The van der Waals surface area contributed by atoms with Gasteiger partial charge in [0.1, 0.15) is 0 Å². The van der Waals surface area contributed by atoms with Gasteiger partial charge in [-0.05, 0) is 13.3 Å². The number of rotatable bonds is 5. The second-order valence-electron chi connectivity index (χ2n) is 2.09. The molecule has 0 bridgehead atoms. The Balaban J connectivity index is 2.95. The van der Waals surface area contributed by atoms with Crippen LogP contribution in [0.4, 0.5) is 0 Å². The Bertz CT molecular complexity index is 59.0. The molecule has 1 atom stereocenters. The van der Waals surface area contributed by atoms with Gasteiger partial charge in [0.15, 0.2) is 0 Å². The van der Waals surface area contributed by atoms with E-state index in [1.807, 2.05) is 6.92 Å². The highest BCUT2D eigenvalue weighted by Gasteiger charge is 1.96. The van der Waals surface area contributed by atoms with E-state index in [9.17, 15) is 0 Å². The van der Waals surface area contributed by atoms with Crippen molar-refractivity contribution in [2.45, 2.75) is 26.4 Å². The van der Waals surface area contributed by atoms with Gasteiger partial charge < -0.3 is 4.74 Å². The maximum absolute atomic E-state index is 5.29. The van der Waals surface area contributed by atoms with Crippen molar-refractivity contribution in [2.75, 3.05) is 13.2 Å². The highest BCUT2D eigenvalue weighted by atomic mass is 16.5. The number of nitrogens with two attached hydrogens (primary N) is 1. The average Bonchev–Trinajstić information content (AvgIpc) is 1.85. The third kappa shape index (κ3) is 5.76. The summed E-state index contributed by atoms with van der Waals surface area (Å²) in [6.07, 6.45) is 1.30. The third-order valence-electron chi connectivity index (χ3n) is 1.01. The molecule has 0 aromatic rings. The average molecular weight is 132 g/mol. The maximum atomic E-state index is 5.29. The molecular formula is C6H16N2O. The lowest BCUT2D eigenvalue weighted by molar-refractivity contribution is 0.0666. The molecule has 0 aliphatic carbocycles. The van der Waals surface area contributed by atoms with E-state index in [1.165, 1.54) is 0 Å². The van der Waals surface area contributed by atoms with Crippen molar-refractivity contribution in [1.29, 1.82) is 0 Å². The van der Waals surface area contributed by atoms with Crippen LogP contribution >= 0.6 is 0 Å². The van der Waals surface area contributed by atoms with Crippen LogP contribution < -0.4 is 11.3 Å². The molecule has 0 aromatic heterocycles.